The average Bonchev–Trinajstić information content (AvgIpc) is 3.06. The fourth-order valence-electron chi connectivity index (χ4n) is 3.52. The van der Waals surface area contributed by atoms with Crippen LogP contribution in [0.3, 0.4) is 0 Å². The van der Waals surface area contributed by atoms with Gasteiger partial charge in [0.25, 0.3) is 0 Å². The Morgan fingerprint density at radius 1 is 1.38 bits per heavy atom. The van der Waals surface area contributed by atoms with Crippen LogP contribution in [0.2, 0.25) is 0 Å². The van der Waals surface area contributed by atoms with E-state index in [1.54, 1.807) is 38.2 Å². The molecule has 7 nitrogen and oxygen atoms in total. The Morgan fingerprint density at radius 3 is 2.67 bits per heavy atom. The van der Waals surface area contributed by atoms with Gasteiger partial charge in [0, 0.05) is 18.3 Å². The van der Waals surface area contributed by atoms with Gasteiger partial charge in [0.05, 0.1) is 25.3 Å². The Morgan fingerprint density at radius 2 is 2.04 bits per heavy atom. The molecule has 24 heavy (non-hydrogen) atoms. The third-order valence-corrected chi connectivity index (χ3v) is 4.62. The van der Waals surface area contributed by atoms with E-state index in [4.69, 9.17) is 4.74 Å². The van der Waals surface area contributed by atoms with Gasteiger partial charge >= 0.3 is 5.97 Å². The molecule has 0 radical (unpaired) electrons. The van der Waals surface area contributed by atoms with E-state index in [9.17, 15) is 20.1 Å². The van der Waals surface area contributed by atoms with Gasteiger partial charge in [-0.05, 0) is 13.0 Å². The van der Waals surface area contributed by atoms with Gasteiger partial charge in [-0.15, -0.1) is 0 Å². The number of fused-ring (bicyclic) bond motifs is 2. The van der Waals surface area contributed by atoms with Crippen LogP contribution in [0.25, 0.3) is 0 Å². The molecular formula is C17H14N4O3. The summed E-state index contributed by atoms with van der Waals surface area (Å²) < 4.78 is 5.03. The number of esters is 1. The van der Waals surface area contributed by atoms with E-state index >= 15 is 0 Å². The lowest BCUT2D eigenvalue weighted by atomic mass is 9.60. The van der Waals surface area contributed by atoms with Gasteiger partial charge < -0.3 is 9.64 Å². The second-order valence-corrected chi connectivity index (χ2v) is 5.65. The first kappa shape index (κ1) is 15.7. The van der Waals surface area contributed by atoms with Gasteiger partial charge in [-0.2, -0.15) is 10.5 Å². The minimum absolute atomic E-state index is 0.103. The number of carbonyl (C=O) groups is 2. The predicted molar refractivity (Wildman–Crippen MR) is 84.1 cm³/mol. The van der Waals surface area contributed by atoms with Crippen LogP contribution in [-0.2, 0) is 19.7 Å². The summed E-state index contributed by atoms with van der Waals surface area (Å²) in [5.74, 6) is -1.29. The molecule has 0 saturated carbocycles. The third kappa shape index (κ3) is 1.56. The molecule has 2 aliphatic rings. The highest BCUT2D eigenvalue weighted by Crippen LogP contribution is 2.55. The quantitative estimate of drug-likeness (QED) is 0.754. The molecule has 120 valence electrons. The zero-order chi connectivity index (χ0) is 17.5. The molecule has 1 aromatic rings. The summed E-state index contributed by atoms with van der Waals surface area (Å²) in [6.07, 6.45) is 0. The number of hydrogen-bond donors (Lipinski definition) is 0. The first-order valence-electron chi connectivity index (χ1n) is 7.42. The van der Waals surface area contributed by atoms with Crippen LogP contribution in [0, 0.1) is 28.1 Å². The molecule has 2 heterocycles. The lowest BCUT2D eigenvalue weighted by Gasteiger charge is -2.32. The summed E-state index contributed by atoms with van der Waals surface area (Å²) in [5, 5.41) is 19.5. The molecule has 7 heteroatoms. The minimum atomic E-state index is -1.78. The highest BCUT2D eigenvalue weighted by Gasteiger charge is 2.71. The summed E-state index contributed by atoms with van der Waals surface area (Å²) in [4.78, 5) is 31.1. The monoisotopic (exact) mass is 322 g/mol. The summed E-state index contributed by atoms with van der Waals surface area (Å²) in [5.41, 5.74) is -2.73. The van der Waals surface area contributed by atoms with Crippen LogP contribution >= 0.6 is 0 Å². The van der Waals surface area contributed by atoms with E-state index in [0.717, 1.165) is 0 Å². The van der Waals surface area contributed by atoms with Crippen LogP contribution < -0.4 is 4.90 Å². The first-order chi connectivity index (χ1) is 11.5. The maximum atomic E-state index is 13.2. The Hall–Kier alpha value is -3.19. The highest BCUT2D eigenvalue weighted by molar-refractivity contribution is 6.48. The molecule has 1 spiro atoms. The Kier molecular flexibility index (Phi) is 3.38. The van der Waals surface area contributed by atoms with E-state index in [2.05, 4.69) is 4.99 Å². The molecule has 0 saturated heterocycles. The summed E-state index contributed by atoms with van der Waals surface area (Å²) in [6, 6.07) is 10.7. The lowest BCUT2D eigenvalue weighted by Crippen LogP contribution is -2.56. The van der Waals surface area contributed by atoms with Crippen LogP contribution in [-0.4, -0.2) is 37.8 Å². The molecule has 0 unspecified atom stereocenters. The second kappa shape index (κ2) is 5.17. The molecule has 1 atom stereocenters. The second-order valence-electron chi connectivity index (χ2n) is 5.65. The van der Waals surface area contributed by atoms with E-state index in [1.807, 2.05) is 12.1 Å². The number of nitriles is 2. The molecule has 1 amide bonds. The largest absolute Gasteiger partial charge is 0.461 e. The number of likely N-dealkylation sites (N-methyl/N-ethyl adjacent to an activating group) is 1. The van der Waals surface area contributed by atoms with Crippen molar-refractivity contribution in [3.63, 3.8) is 0 Å². The van der Waals surface area contributed by atoms with Gasteiger partial charge in [0.2, 0.25) is 5.91 Å². The van der Waals surface area contributed by atoms with Crippen molar-refractivity contribution in [1.29, 1.82) is 10.5 Å². The first-order valence-corrected chi connectivity index (χ1v) is 7.42. The smallest absolute Gasteiger partial charge is 0.353 e. The SMILES string of the molecule is CCOC(=O)C1=NCC(C#N)(C#N)[C@@]12C(=O)N(C)c1ccccc12. The number of ether oxygens (including phenoxy) is 1. The van der Waals surface area contributed by atoms with E-state index in [0.29, 0.717) is 11.3 Å². The number of benzene rings is 1. The zero-order valence-corrected chi connectivity index (χ0v) is 13.2. The normalized spacial score (nSPS) is 23.4. The maximum Gasteiger partial charge on any atom is 0.353 e. The van der Waals surface area contributed by atoms with Gasteiger partial charge in [-0.1, -0.05) is 18.2 Å². The van der Waals surface area contributed by atoms with Crippen LogP contribution in [0.1, 0.15) is 12.5 Å². The number of aliphatic imine (C=N–C) groups is 1. The van der Waals surface area contributed by atoms with Crippen molar-refractivity contribution in [3.05, 3.63) is 29.8 Å². The van der Waals surface area contributed by atoms with Gasteiger partial charge in [0.15, 0.2) is 10.8 Å². The summed E-state index contributed by atoms with van der Waals surface area (Å²) in [7, 11) is 1.55. The molecule has 3 rings (SSSR count). The van der Waals surface area contributed by atoms with E-state index in [-0.39, 0.29) is 18.9 Å². The molecule has 0 aromatic heterocycles. The van der Waals surface area contributed by atoms with Gasteiger partial charge in [-0.3, -0.25) is 9.79 Å². The predicted octanol–water partition coefficient (Wildman–Crippen LogP) is 0.952. The van der Waals surface area contributed by atoms with Crippen LogP contribution in [0.4, 0.5) is 5.69 Å². The van der Waals surface area contributed by atoms with Crippen molar-refractivity contribution in [3.8, 4) is 12.1 Å². The minimum Gasteiger partial charge on any atom is -0.461 e. The summed E-state index contributed by atoms with van der Waals surface area (Å²) >= 11 is 0. The number of para-hydroxylation sites is 1. The van der Waals surface area contributed by atoms with E-state index < -0.39 is 22.7 Å². The van der Waals surface area contributed by atoms with Gasteiger partial charge in [-0.25, -0.2) is 4.79 Å². The molecule has 1 aromatic carbocycles. The molecule has 0 bridgehead atoms. The number of hydrogen-bond acceptors (Lipinski definition) is 6. The van der Waals surface area contributed by atoms with Crippen molar-refractivity contribution >= 4 is 23.3 Å². The number of amides is 1. The Bertz CT molecular complexity index is 847. The molecule has 0 fully saturated rings. The standard InChI is InChI=1S/C17H14N4O3/c1-3-24-14(22)13-17(16(8-18,9-19)10-20-13)11-6-4-5-7-12(11)21(2)15(17)23/h4-7H,3,10H2,1-2H3/t17-/m1/s1. The number of anilines is 1. The van der Waals surface area contributed by atoms with Crippen molar-refractivity contribution in [2.45, 2.75) is 12.3 Å². The Labute approximate surface area is 138 Å². The average molecular weight is 322 g/mol. The fourth-order valence-corrected chi connectivity index (χ4v) is 3.52. The number of rotatable bonds is 2. The molecule has 0 N–H and O–H groups in total. The maximum absolute atomic E-state index is 13.2. The zero-order valence-electron chi connectivity index (χ0n) is 13.2. The van der Waals surface area contributed by atoms with Crippen molar-refractivity contribution < 1.29 is 14.3 Å². The fraction of sp³-hybridized carbons (Fsp3) is 0.353. The third-order valence-electron chi connectivity index (χ3n) is 4.62. The Balaban J connectivity index is 2.36. The number of carbonyl (C=O) groups excluding carboxylic acids is 2. The lowest BCUT2D eigenvalue weighted by molar-refractivity contribution is -0.136. The molecule has 2 aliphatic heterocycles. The number of nitrogens with zero attached hydrogens (tertiary/aromatic N) is 4. The topological polar surface area (TPSA) is 107 Å². The van der Waals surface area contributed by atoms with Crippen LogP contribution in [0.5, 0.6) is 0 Å². The van der Waals surface area contributed by atoms with Crippen molar-refractivity contribution in [2.75, 3.05) is 25.1 Å². The van der Waals surface area contributed by atoms with E-state index in [1.165, 1.54) is 4.90 Å². The van der Waals surface area contributed by atoms with Gasteiger partial charge in [0.1, 0.15) is 5.71 Å². The van der Waals surface area contributed by atoms with Crippen LogP contribution in [0.15, 0.2) is 29.3 Å². The van der Waals surface area contributed by atoms with Crippen molar-refractivity contribution in [1.82, 2.24) is 0 Å². The highest BCUT2D eigenvalue weighted by atomic mass is 16.5. The summed E-state index contributed by atoms with van der Waals surface area (Å²) in [6.45, 7) is 1.49. The molecular weight excluding hydrogens is 308 g/mol. The molecule has 0 aliphatic carbocycles. The van der Waals surface area contributed by atoms with Crippen molar-refractivity contribution in [2.24, 2.45) is 10.4 Å².